The molecule has 1 aromatic heterocycles. The standard InChI is InChI=1S/C29H34F3NO2.C2H6.CH2O2.2CH2O/c1-5-8-13-34-28-16-25(29(31)32)26(17-33-28)22-11-12-27(30)23(15-22)18-35-19(4)14-20(6-2)24(7-3)21-9-10-21;1-2;2-1-3;2*1-2/h7,11-12,14-17,21,29H,4-6,8-10,13,18H2,1-3H3;1-2H3;1H,(H,2,3);2*1H2/b20-14-,24-7+;;;;. The summed E-state index contributed by atoms with van der Waals surface area (Å²) >= 11 is 0. The largest absolute Gasteiger partial charge is 0.489 e. The minimum atomic E-state index is -2.73. The number of benzene rings is 1. The highest BCUT2D eigenvalue weighted by molar-refractivity contribution is 5.68. The second-order valence-corrected chi connectivity index (χ2v) is 8.82. The third-order valence-electron chi connectivity index (χ3n) is 6.08. The lowest BCUT2D eigenvalue weighted by atomic mass is 9.98. The van der Waals surface area contributed by atoms with E-state index in [1.165, 1.54) is 54.5 Å². The molecule has 244 valence electrons. The van der Waals surface area contributed by atoms with Gasteiger partial charge in [-0.25, -0.2) is 18.2 Å². The quantitative estimate of drug-likeness (QED) is 0.103. The summed E-state index contributed by atoms with van der Waals surface area (Å²) in [4.78, 5) is 28.5. The molecule has 10 heteroatoms. The number of unbranched alkanes of at least 4 members (excludes halogenated alkanes) is 1. The average Bonchev–Trinajstić information content (AvgIpc) is 3.89. The molecule has 0 unspecified atom stereocenters. The molecule has 0 radical (unpaired) electrons. The molecule has 1 aromatic carbocycles. The lowest BCUT2D eigenvalue weighted by Crippen LogP contribution is -2.02. The number of alkyl halides is 2. The van der Waals surface area contributed by atoms with Crippen molar-refractivity contribution in [1.29, 1.82) is 0 Å². The van der Waals surface area contributed by atoms with E-state index < -0.39 is 12.2 Å². The van der Waals surface area contributed by atoms with Gasteiger partial charge in [-0.3, -0.25) is 4.79 Å². The van der Waals surface area contributed by atoms with Gasteiger partial charge in [-0.15, -0.1) is 0 Å². The first-order valence-electron chi connectivity index (χ1n) is 14.3. The van der Waals surface area contributed by atoms with Crippen LogP contribution >= 0.6 is 0 Å². The number of carbonyl (C=O) groups excluding carboxylic acids is 2. The highest BCUT2D eigenvalue weighted by Crippen LogP contribution is 2.41. The van der Waals surface area contributed by atoms with Crippen molar-refractivity contribution in [2.24, 2.45) is 5.92 Å². The number of pyridine rings is 1. The first kappa shape index (κ1) is 41.9. The van der Waals surface area contributed by atoms with Crippen molar-refractivity contribution in [1.82, 2.24) is 4.98 Å². The monoisotopic (exact) mass is 621 g/mol. The summed E-state index contributed by atoms with van der Waals surface area (Å²) in [6.07, 6.45) is 7.66. The molecule has 0 spiro atoms. The number of hydrogen-bond donors (Lipinski definition) is 1. The van der Waals surface area contributed by atoms with Crippen molar-refractivity contribution in [3.05, 3.63) is 83.0 Å². The van der Waals surface area contributed by atoms with Gasteiger partial charge in [0.2, 0.25) is 5.88 Å². The Morgan fingerprint density at radius 2 is 1.75 bits per heavy atom. The Labute approximate surface area is 259 Å². The smallest absolute Gasteiger partial charge is 0.290 e. The van der Waals surface area contributed by atoms with Crippen molar-refractivity contribution < 1.29 is 42.1 Å². The highest BCUT2D eigenvalue weighted by Gasteiger charge is 2.27. The molecule has 1 saturated carbocycles. The molecule has 7 nitrogen and oxygen atoms in total. The highest BCUT2D eigenvalue weighted by atomic mass is 19.3. The zero-order valence-electron chi connectivity index (χ0n) is 26.4. The maximum atomic E-state index is 14.5. The van der Waals surface area contributed by atoms with Crippen LogP contribution in [0.25, 0.3) is 11.1 Å². The molecule has 0 atom stereocenters. The average molecular weight is 622 g/mol. The van der Waals surface area contributed by atoms with Crippen LogP contribution in [-0.4, -0.2) is 36.7 Å². The third-order valence-corrected chi connectivity index (χ3v) is 6.08. The first-order valence-corrected chi connectivity index (χ1v) is 14.3. The molecule has 1 N–H and O–H groups in total. The second kappa shape index (κ2) is 25.3. The van der Waals surface area contributed by atoms with Gasteiger partial charge in [0.05, 0.1) is 6.61 Å². The minimum Gasteiger partial charge on any atom is -0.489 e. The Bertz CT molecular complexity index is 1180. The van der Waals surface area contributed by atoms with E-state index in [2.05, 4.69) is 24.6 Å². The van der Waals surface area contributed by atoms with Crippen molar-refractivity contribution in [3.63, 3.8) is 0 Å². The molecule has 0 aliphatic heterocycles. The van der Waals surface area contributed by atoms with E-state index in [4.69, 9.17) is 29.0 Å². The van der Waals surface area contributed by atoms with Crippen LogP contribution < -0.4 is 4.74 Å². The summed E-state index contributed by atoms with van der Waals surface area (Å²) < 4.78 is 53.4. The van der Waals surface area contributed by atoms with E-state index in [1.807, 2.05) is 47.3 Å². The Morgan fingerprint density at radius 3 is 2.25 bits per heavy atom. The van der Waals surface area contributed by atoms with Crippen LogP contribution in [0.1, 0.15) is 84.3 Å². The van der Waals surface area contributed by atoms with Crippen molar-refractivity contribution >= 4 is 20.1 Å². The summed E-state index contributed by atoms with van der Waals surface area (Å²) in [6, 6.07) is 5.51. The van der Waals surface area contributed by atoms with Gasteiger partial charge in [0, 0.05) is 29.0 Å². The molecule has 1 aliphatic rings. The van der Waals surface area contributed by atoms with Crippen LogP contribution in [0.4, 0.5) is 13.2 Å². The van der Waals surface area contributed by atoms with Gasteiger partial charge in [-0.05, 0) is 73.4 Å². The van der Waals surface area contributed by atoms with E-state index in [1.54, 1.807) is 0 Å². The number of carbonyl (C=O) groups is 3. The van der Waals surface area contributed by atoms with Crippen LogP contribution in [-0.2, 0) is 25.7 Å². The number of halogens is 3. The van der Waals surface area contributed by atoms with Gasteiger partial charge < -0.3 is 24.2 Å². The number of carboxylic acid groups (broad SMARTS) is 1. The van der Waals surface area contributed by atoms with Gasteiger partial charge in [-0.1, -0.05) is 52.8 Å². The SMILES string of the molecule is C=C(/C=C(CC)\C(=C/C)C1CC1)OCc1cc(-c2cnc(OCCCC)cc2C(F)F)ccc1F.C=O.C=O.CC.O=CO. The molecule has 0 bridgehead atoms. The van der Waals surface area contributed by atoms with E-state index in [9.17, 15) is 13.2 Å². The van der Waals surface area contributed by atoms with Crippen LogP contribution in [0.3, 0.4) is 0 Å². The molecule has 2 aromatic rings. The number of hydrogen-bond acceptors (Lipinski definition) is 6. The number of allylic oxidation sites excluding steroid dienone is 4. The van der Waals surface area contributed by atoms with Gasteiger partial charge >= 0.3 is 0 Å². The maximum absolute atomic E-state index is 14.5. The second-order valence-electron chi connectivity index (χ2n) is 8.82. The van der Waals surface area contributed by atoms with E-state index >= 15 is 0 Å². The third kappa shape index (κ3) is 14.8. The van der Waals surface area contributed by atoms with Crippen LogP contribution in [0.5, 0.6) is 5.88 Å². The molecule has 1 fully saturated rings. The fourth-order valence-electron chi connectivity index (χ4n) is 4.00. The summed E-state index contributed by atoms with van der Waals surface area (Å²) in [5.74, 6) is 0.730. The molecule has 1 aliphatic carbocycles. The molecule has 1 heterocycles. The lowest BCUT2D eigenvalue weighted by Gasteiger charge is -2.14. The zero-order chi connectivity index (χ0) is 34.1. The van der Waals surface area contributed by atoms with Crippen molar-refractivity contribution in [2.75, 3.05) is 6.61 Å². The first-order chi connectivity index (χ1) is 21.3. The zero-order valence-corrected chi connectivity index (χ0v) is 26.4. The molecular formula is C34H46F3NO6. The normalized spacial score (nSPS) is 12.0. The number of rotatable bonds is 13. The van der Waals surface area contributed by atoms with Crippen LogP contribution in [0, 0.1) is 11.7 Å². The molecule has 3 rings (SSSR count). The number of aromatic nitrogens is 1. The van der Waals surface area contributed by atoms with Crippen molar-refractivity contribution in [2.45, 2.75) is 79.8 Å². The lowest BCUT2D eigenvalue weighted by molar-refractivity contribution is -0.122. The van der Waals surface area contributed by atoms with Crippen LogP contribution in [0.2, 0.25) is 0 Å². The topological polar surface area (TPSA) is 103 Å². The van der Waals surface area contributed by atoms with Gasteiger partial charge in [-0.2, -0.15) is 0 Å². The Hall–Kier alpha value is -4.21. The Balaban J connectivity index is 0. The minimum absolute atomic E-state index is 0.0593. The molecular weight excluding hydrogens is 575 g/mol. The molecule has 44 heavy (non-hydrogen) atoms. The number of ether oxygens (including phenoxy) is 2. The Kier molecular flexibility index (Phi) is 24.1. The summed E-state index contributed by atoms with van der Waals surface area (Å²) in [5.41, 5.74) is 3.21. The van der Waals surface area contributed by atoms with Crippen LogP contribution in [0.15, 0.2) is 66.1 Å². The maximum Gasteiger partial charge on any atom is 0.290 e. The summed E-state index contributed by atoms with van der Waals surface area (Å²) in [6.45, 7) is 18.2. The van der Waals surface area contributed by atoms with Gasteiger partial charge in [0.15, 0.2) is 0 Å². The molecule has 0 amide bonds. The van der Waals surface area contributed by atoms with Gasteiger partial charge in [0.1, 0.15) is 31.8 Å². The predicted molar refractivity (Wildman–Crippen MR) is 168 cm³/mol. The summed E-state index contributed by atoms with van der Waals surface area (Å²) in [5, 5.41) is 6.89. The summed E-state index contributed by atoms with van der Waals surface area (Å²) in [7, 11) is 0. The fourth-order valence-corrected chi connectivity index (χ4v) is 4.00. The predicted octanol–water partition coefficient (Wildman–Crippen LogP) is 9.08. The van der Waals surface area contributed by atoms with Crippen molar-refractivity contribution in [3.8, 4) is 17.0 Å². The van der Waals surface area contributed by atoms with E-state index in [0.717, 1.165) is 19.3 Å². The van der Waals surface area contributed by atoms with E-state index in [0.29, 0.717) is 23.8 Å². The number of nitrogens with zero attached hydrogens (tertiary/aromatic N) is 1. The fraction of sp³-hybridized carbons (Fsp3) is 0.412. The Morgan fingerprint density at radius 1 is 1.14 bits per heavy atom. The van der Waals surface area contributed by atoms with Gasteiger partial charge in [0.25, 0.3) is 12.9 Å². The molecule has 0 saturated heterocycles. The van der Waals surface area contributed by atoms with E-state index in [-0.39, 0.29) is 35.6 Å².